The van der Waals surface area contributed by atoms with E-state index >= 15 is 0 Å². The summed E-state index contributed by atoms with van der Waals surface area (Å²) in [5, 5.41) is 8.13. The first kappa shape index (κ1) is 23.2. The number of hydrogen-bond acceptors (Lipinski definition) is 4. The van der Waals surface area contributed by atoms with Crippen molar-refractivity contribution in [2.24, 2.45) is 0 Å². The zero-order chi connectivity index (χ0) is 23.0. The number of benzene rings is 1. The Morgan fingerprint density at radius 3 is 2.75 bits per heavy atom. The van der Waals surface area contributed by atoms with Gasteiger partial charge < -0.3 is 10.1 Å². The van der Waals surface area contributed by atoms with Gasteiger partial charge in [0.15, 0.2) is 0 Å². The van der Waals surface area contributed by atoms with Crippen LogP contribution in [0.2, 0.25) is 5.02 Å². The second-order valence-electron chi connectivity index (χ2n) is 9.85. The highest BCUT2D eigenvalue weighted by Crippen LogP contribution is 2.40. The summed E-state index contributed by atoms with van der Waals surface area (Å²) in [7, 11) is 0. The Hall–Kier alpha value is -1.96. The molecular weight excluding hydrogens is 431 g/mol. The average Bonchev–Trinajstić information content (AvgIpc) is 3.46. The Labute approximate surface area is 194 Å². The van der Waals surface area contributed by atoms with Gasteiger partial charge in [-0.3, -0.25) is 14.4 Å². The Morgan fingerprint density at radius 2 is 2.12 bits per heavy atom. The molecule has 1 amide bonds. The lowest BCUT2D eigenvalue weighted by atomic mass is 10.0. The molecule has 0 bridgehead atoms. The molecule has 1 saturated carbocycles. The minimum atomic E-state index is -0.395. The number of ether oxygens (including phenoxy) is 1. The summed E-state index contributed by atoms with van der Waals surface area (Å²) in [5.41, 5.74) is 1.59. The van der Waals surface area contributed by atoms with E-state index in [2.05, 4.69) is 10.2 Å². The maximum Gasteiger partial charge on any atom is 0.269 e. The summed E-state index contributed by atoms with van der Waals surface area (Å²) in [6.45, 7) is 10.2. The molecule has 2 aliphatic rings. The van der Waals surface area contributed by atoms with E-state index in [1.807, 2.05) is 33.8 Å². The largest absolute Gasteiger partial charge is 0.376 e. The number of carbonyl (C=O) groups excluding carboxylic acids is 1. The third kappa shape index (κ3) is 5.00. The molecule has 174 valence electrons. The molecule has 1 aromatic heterocycles. The van der Waals surface area contributed by atoms with Crippen LogP contribution in [0.1, 0.15) is 74.2 Å². The lowest BCUT2D eigenvalue weighted by Crippen LogP contribution is -2.47. The van der Waals surface area contributed by atoms with Gasteiger partial charge in [-0.05, 0) is 58.7 Å². The van der Waals surface area contributed by atoms with E-state index in [1.54, 1.807) is 16.8 Å². The first-order valence-electron chi connectivity index (χ1n) is 11.3. The van der Waals surface area contributed by atoms with Crippen LogP contribution >= 0.6 is 11.6 Å². The number of morpholine rings is 1. The number of halogens is 2. The molecule has 2 aromatic rings. The molecule has 2 fully saturated rings. The van der Waals surface area contributed by atoms with Gasteiger partial charge in [0.25, 0.3) is 5.91 Å². The van der Waals surface area contributed by atoms with E-state index < -0.39 is 6.04 Å². The van der Waals surface area contributed by atoms with E-state index in [0.29, 0.717) is 41.9 Å². The van der Waals surface area contributed by atoms with Crippen LogP contribution in [-0.2, 0) is 10.3 Å². The molecule has 1 aliphatic heterocycles. The number of rotatable bonds is 6. The van der Waals surface area contributed by atoms with Crippen molar-refractivity contribution in [3.05, 3.63) is 52.1 Å². The van der Waals surface area contributed by atoms with Crippen molar-refractivity contribution in [3.8, 4) is 0 Å². The average molecular weight is 463 g/mol. The smallest absolute Gasteiger partial charge is 0.269 e. The molecule has 2 atom stereocenters. The highest BCUT2D eigenvalue weighted by atomic mass is 35.5. The Morgan fingerprint density at radius 1 is 1.38 bits per heavy atom. The minimum absolute atomic E-state index is 0.0240. The third-order valence-electron chi connectivity index (χ3n) is 6.09. The normalized spacial score (nSPS) is 20.9. The van der Waals surface area contributed by atoms with Gasteiger partial charge in [0, 0.05) is 36.1 Å². The topological polar surface area (TPSA) is 59.4 Å². The van der Waals surface area contributed by atoms with E-state index in [1.165, 1.54) is 6.07 Å². The first-order chi connectivity index (χ1) is 15.1. The van der Waals surface area contributed by atoms with E-state index in [0.717, 1.165) is 18.5 Å². The maximum absolute atomic E-state index is 14.9. The zero-order valence-electron chi connectivity index (χ0n) is 19.2. The second kappa shape index (κ2) is 9.12. The highest BCUT2D eigenvalue weighted by molar-refractivity contribution is 6.31. The van der Waals surface area contributed by atoms with Crippen LogP contribution in [0.25, 0.3) is 0 Å². The molecule has 1 aromatic carbocycles. The van der Waals surface area contributed by atoms with Gasteiger partial charge >= 0.3 is 0 Å². The lowest BCUT2D eigenvalue weighted by molar-refractivity contribution is -0.0346. The molecule has 32 heavy (non-hydrogen) atoms. The second-order valence-corrected chi connectivity index (χ2v) is 10.3. The van der Waals surface area contributed by atoms with E-state index in [4.69, 9.17) is 21.4 Å². The van der Waals surface area contributed by atoms with Gasteiger partial charge in [0.2, 0.25) is 0 Å². The van der Waals surface area contributed by atoms with Crippen molar-refractivity contribution >= 4 is 17.5 Å². The molecule has 0 radical (unpaired) electrons. The number of nitrogens with zero attached hydrogens (tertiary/aromatic N) is 3. The molecule has 2 unspecified atom stereocenters. The molecule has 8 heteroatoms. The summed E-state index contributed by atoms with van der Waals surface area (Å²) in [5.74, 6) is -0.130. The number of amides is 1. The fourth-order valence-electron chi connectivity index (χ4n) is 4.30. The predicted molar refractivity (Wildman–Crippen MR) is 123 cm³/mol. The summed E-state index contributed by atoms with van der Waals surface area (Å²) in [4.78, 5) is 15.4. The molecule has 1 N–H and O–H groups in total. The standard InChI is InChI=1S/C24H32ClFN4O2/c1-15-14-29(10-11-32-15)21(22-17(25)6-5-7-18(22)26)13-27-23(31)20-12-19(16-8-9-16)28-30(20)24(2,3)4/h5-7,12,15-16,21H,8-11,13-14H2,1-4H3,(H,27,31). The van der Waals surface area contributed by atoms with Crippen LogP contribution < -0.4 is 5.32 Å². The van der Waals surface area contributed by atoms with Gasteiger partial charge in [-0.15, -0.1) is 0 Å². The van der Waals surface area contributed by atoms with Crippen molar-refractivity contribution in [3.63, 3.8) is 0 Å². The highest BCUT2D eigenvalue weighted by Gasteiger charge is 2.33. The molecule has 0 spiro atoms. The van der Waals surface area contributed by atoms with E-state index in [9.17, 15) is 9.18 Å². The fraction of sp³-hybridized carbons (Fsp3) is 0.583. The summed E-state index contributed by atoms with van der Waals surface area (Å²) >= 11 is 6.42. The van der Waals surface area contributed by atoms with Gasteiger partial charge in [0.05, 0.1) is 30.0 Å². The fourth-order valence-corrected chi connectivity index (χ4v) is 4.59. The van der Waals surface area contributed by atoms with Crippen LogP contribution in [0.15, 0.2) is 24.3 Å². The molecule has 2 heterocycles. The maximum atomic E-state index is 14.9. The van der Waals surface area contributed by atoms with Crippen LogP contribution in [0.3, 0.4) is 0 Å². The molecule has 1 aliphatic carbocycles. The molecular formula is C24H32ClFN4O2. The Kier molecular flexibility index (Phi) is 6.61. The van der Waals surface area contributed by atoms with E-state index in [-0.39, 0.29) is 29.9 Å². The first-order valence-corrected chi connectivity index (χ1v) is 11.7. The summed E-state index contributed by atoms with van der Waals surface area (Å²) < 4.78 is 22.3. The van der Waals surface area contributed by atoms with Crippen molar-refractivity contribution in [1.82, 2.24) is 20.0 Å². The summed E-state index contributed by atoms with van der Waals surface area (Å²) in [6.07, 6.45) is 2.26. The third-order valence-corrected chi connectivity index (χ3v) is 6.42. The van der Waals surface area contributed by atoms with Crippen LogP contribution in [-0.4, -0.2) is 52.9 Å². The number of hydrogen-bond donors (Lipinski definition) is 1. The predicted octanol–water partition coefficient (Wildman–Crippen LogP) is 4.50. The van der Waals surface area contributed by atoms with Gasteiger partial charge in [0.1, 0.15) is 11.5 Å². The van der Waals surface area contributed by atoms with Crippen LogP contribution in [0.4, 0.5) is 4.39 Å². The van der Waals surface area contributed by atoms with Crippen LogP contribution in [0.5, 0.6) is 0 Å². The molecule has 6 nitrogen and oxygen atoms in total. The minimum Gasteiger partial charge on any atom is -0.376 e. The van der Waals surface area contributed by atoms with Crippen LogP contribution in [0, 0.1) is 5.82 Å². The van der Waals surface area contributed by atoms with Gasteiger partial charge in [-0.1, -0.05) is 17.7 Å². The number of carbonyl (C=O) groups is 1. The van der Waals surface area contributed by atoms with Gasteiger partial charge in [-0.25, -0.2) is 4.39 Å². The molecule has 4 rings (SSSR count). The van der Waals surface area contributed by atoms with Crippen molar-refractivity contribution in [2.75, 3.05) is 26.2 Å². The lowest BCUT2D eigenvalue weighted by Gasteiger charge is -2.38. The van der Waals surface area contributed by atoms with Crippen molar-refractivity contribution in [2.45, 2.75) is 64.1 Å². The Bertz CT molecular complexity index is 963. The monoisotopic (exact) mass is 462 g/mol. The number of aromatic nitrogens is 2. The quantitative estimate of drug-likeness (QED) is 0.686. The number of nitrogens with one attached hydrogen (secondary N) is 1. The Balaban J connectivity index is 1.59. The zero-order valence-corrected chi connectivity index (χ0v) is 20.0. The van der Waals surface area contributed by atoms with Crippen molar-refractivity contribution in [1.29, 1.82) is 0 Å². The van der Waals surface area contributed by atoms with Crippen molar-refractivity contribution < 1.29 is 13.9 Å². The summed E-state index contributed by atoms with van der Waals surface area (Å²) in [6, 6.07) is 6.21. The molecule has 1 saturated heterocycles. The van der Waals surface area contributed by atoms with Gasteiger partial charge in [-0.2, -0.15) is 5.10 Å². The SMILES string of the molecule is CC1CN(C(CNC(=O)c2cc(C3CC3)nn2C(C)(C)C)c2c(F)cccc2Cl)CCO1.